The zero-order chi connectivity index (χ0) is 17.4. The molecule has 1 aliphatic heterocycles. The lowest BCUT2D eigenvalue weighted by Crippen LogP contribution is -2.45. The van der Waals surface area contributed by atoms with E-state index >= 15 is 0 Å². The van der Waals surface area contributed by atoms with E-state index in [-0.39, 0.29) is 24.0 Å². The second kappa shape index (κ2) is 11.4. The summed E-state index contributed by atoms with van der Waals surface area (Å²) in [6, 6.07) is 6.09. The third-order valence-electron chi connectivity index (χ3n) is 4.44. The van der Waals surface area contributed by atoms with E-state index < -0.39 is 0 Å². The van der Waals surface area contributed by atoms with Gasteiger partial charge >= 0.3 is 0 Å². The number of methoxy groups -OCH3 is 1. The van der Waals surface area contributed by atoms with E-state index in [0.29, 0.717) is 6.61 Å². The number of piperidine rings is 1. The lowest BCUT2D eigenvalue weighted by atomic mass is 9.99. The molecule has 1 aromatic carbocycles. The van der Waals surface area contributed by atoms with Crippen LogP contribution in [-0.2, 0) is 6.54 Å². The molecule has 1 aromatic rings. The molecule has 0 radical (unpaired) electrons. The van der Waals surface area contributed by atoms with E-state index in [4.69, 9.17) is 9.47 Å². The zero-order valence-corrected chi connectivity index (χ0v) is 18.2. The molecule has 5 nitrogen and oxygen atoms in total. The molecule has 1 aliphatic rings. The highest BCUT2D eigenvalue weighted by Gasteiger charge is 2.18. The van der Waals surface area contributed by atoms with E-state index in [1.54, 1.807) is 7.11 Å². The number of aliphatic imine (C=N–C) groups is 1. The summed E-state index contributed by atoms with van der Waals surface area (Å²) < 4.78 is 11.2. The van der Waals surface area contributed by atoms with Gasteiger partial charge in [-0.05, 0) is 42.9 Å². The number of likely N-dealkylation sites (tertiary alicyclic amines) is 1. The first-order valence-electron chi connectivity index (χ1n) is 8.93. The lowest BCUT2D eigenvalue weighted by Gasteiger charge is -2.33. The van der Waals surface area contributed by atoms with Crippen LogP contribution >= 0.6 is 24.0 Å². The Bertz CT molecular complexity index is 543. The number of rotatable bonds is 6. The predicted molar refractivity (Wildman–Crippen MR) is 114 cm³/mol. The molecule has 1 heterocycles. The highest BCUT2D eigenvalue weighted by Crippen LogP contribution is 2.28. The van der Waals surface area contributed by atoms with Gasteiger partial charge in [0.1, 0.15) is 0 Å². The molecule has 1 N–H and O–H groups in total. The quantitative estimate of drug-likeness (QED) is 0.397. The zero-order valence-electron chi connectivity index (χ0n) is 15.9. The van der Waals surface area contributed by atoms with Crippen molar-refractivity contribution in [2.75, 3.05) is 33.9 Å². The first-order valence-corrected chi connectivity index (χ1v) is 8.93. The minimum atomic E-state index is 0. The second-order valence-electron chi connectivity index (χ2n) is 6.40. The van der Waals surface area contributed by atoms with Crippen molar-refractivity contribution in [3.8, 4) is 11.5 Å². The fraction of sp³-hybridized carbons (Fsp3) is 0.632. The molecule has 1 saturated heterocycles. The Morgan fingerprint density at radius 3 is 2.60 bits per heavy atom. The molecule has 0 aliphatic carbocycles. The van der Waals surface area contributed by atoms with Crippen LogP contribution in [0.5, 0.6) is 11.5 Å². The maximum Gasteiger partial charge on any atom is 0.193 e. The summed E-state index contributed by atoms with van der Waals surface area (Å²) in [5.74, 6) is 3.38. The molecule has 2 rings (SSSR count). The number of benzene rings is 1. The molecular formula is C19H32IN3O2. The number of guanidine groups is 1. The fourth-order valence-electron chi connectivity index (χ4n) is 2.89. The van der Waals surface area contributed by atoms with Gasteiger partial charge in [-0.3, -0.25) is 4.99 Å². The van der Waals surface area contributed by atoms with Gasteiger partial charge in [-0.1, -0.05) is 19.9 Å². The highest BCUT2D eigenvalue weighted by atomic mass is 127. The third kappa shape index (κ3) is 6.56. The molecule has 0 unspecified atom stereocenters. The summed E-state index contributed by atoms with van der Waals surface area (Å²) in [4.78, 5) is 6.77. The average Bonchev–Trinajstić information content (AvgIpc) is 2.62. The SMILES string of the molecule is CCCOc1ccc(CNC(=NC)N2CCC(C)CC2)cc1OC.I. The first kappa shape index (κ1) is 21.9. The number of nitrogens with one attached hydrogen (secondary N) is 1. The number of hydrogen-bond acceptors (Lipinski definition) is 3. The van der Waals surface area contributed by atoms with Crippen LogP contribution in [0.2, 0.25) is 0 Å². The summed E-state index contributed by atoms with van der Waals surface area (Å²) in [5, 5.41) is 3.46. The molecular weight excluding hydrogens is 429 g/mol. The summed E-state index contributed by atoms with van der Waals surface area (Å²) >= 11 is 0. The molecule has 0 spiro atoms. The van der Waals surface area contributed by atoms with Crippen LogP contribution in [0.4, 0.5) is 0 Å². The summed E-state index contributed by atoms with van der Waals surface area (Å²) in [5.41, 5.74) is 1.15. The minimum absolute atomic E-state index is 0. The topological polar surface area (TPSA) is 46.1 Å². The van der Waals surface area contributed by atoms with Crippen molar-refractivity contribution in [3.05, 3.63) is 23.8 Å². The molecule has 1 fully saturated rings. The van der Waals surface area contributed by atoms with E-state index in [2.05, 4.69) is 35.1 Å². The van der Waals surface area contributed by atoms with Crippen LogP contribution in [0, 0.1) is 5.92 Å². The molecule has 0 amide bonds. The van der Waals surface area contributed by atoms with Crippen LogP contribution in [0.15, 0.2) is 23.2 Å². The Morgan fingerprint density at radius 1 is 1.28 bits per heavy atom. The van der Waals surface area contributed by atoms with Crippen molar-refractivity contribution in [2.24, 2.45) is 10.9 Å². The molecule has 25 heavy (non-hydrogen) atoms. The first-order chi connectivity index (χ1) is 11.7. The third-order valence-corrected chi connectivity index (χ3v) is 4.44. The van der Waals surface area contributed by atoms with Crippen molar-refractivity contribution in [3.63, 3.8) is 0 Å². The molecule has 0 bridgehead atoms. The predicted octanol–water partition coefficient (Wildman–Crippen LogP) is 3.91. The second-order valence-corrected chi connectivity index (χ2v) is 6.40. The highest BCUT2D eigenvalue weighted by molar-refractivity contribution is 14.0. The van der Waals surface area contributed by atoms with Gasteiger partial charge in [0, 0.05) is 26.7 Å². The largest absolute Gasteiger partial charge is 0.493 e. The van der Waals surface area contributed by atoms with Crippen molar-refractivity contribution < 1.29 is 9.47 Å². The Hall–Kier alpha value is -1.18. The van der Waals surface area contributed by atoms with Crippen LogP contribution in [0.1, 0.15) is 38.7 Å². The molecule has 0 aromatic heterocycles. The molecule has 142 valence electrons. The number of hydrogen-bond donors (Lipinski definition) is 1. The van der Waals surface area contributed by atoms with Gasteiger partial charge < -0.3 is 19.7 Å². The Balaban J connectivity index is 0.00000312. The minimum Gasteiger partial charge on any atom is -0.493 e. The summed E-state index contributed by atoms with van der Waals surface area (Å²) in [6.45, 7) is 8.00. The van der Waals surface area contributed by atoms with Crippen molar-refractivity contribution in [1.29, 1.82) is 0 Å². The smallest absolute Gasteiger partial charge is 0.193 e. The monoisotopic (exact) mass is 461 g/mol. The Morgan fingerprint density at radius 2 is 2.00 bits per heavy atom. The van der Waals surface area contributed by atoms with Crippen LogP contribution in [0.25, 0.3) is 0 Å². The van der Waals surface area contributed by atoms with Crippen LogP contribution in [-0.4, -0.2) is 44.7 Å². The summed E-state index contributed by atoms with van der Waals surface area (Å²) in [6.07, 6.45) is 3.45. The van der Waals surface area contributed by atoms with E-state index in [9.17, 15) is 0 Å². The number of ether oxygens (including phenoxy) is 2. The number of nitrogens with zero attached hydrogens (tertiary/aromatic N) is 2. The van der Waals surface area contributed by atoms with Gasteiger partial charge in [0.25, 0.3) is 0 Å². The number of halogens is 1. The van der Waals surface area contributed by atoms with Crippen molar-refractivity contribution in [2.45, 2.75) is 39.7 Å². The van der Waals surface area contributed by atoms with Gasteiger partial charge in [-0.15, -0.1) is 24.0 Å². The lowest BCUT2D eigenvalue weighted by molar-refractivity contribution is 0.273. The molecule has 6 heteroatoms. The van der Waals surface area contributed by atoms with E-state index in [1.807, 2.05) is 19.2 Å². The van der Waals surface area contributed by atoms with Crippen molar-refractivity contribution >= 4 is 29.9 Å². The van der Waals surface area contributed by atoms with Gasteiger partial charge in [-0.25, -0.2) is 0 Å². The van der Waals surface area contributed by atoms with E-state index in [0.717, 1.165) is 55.0 Å². The Labute approximate surface area is 169 Å². The van der Waals surface area contributed by atoms with Gasteiger partial charge in [-0.2, -0.15) is 0 Å². The van der Waals surface area contributed by atoms with Gasteiger partial charge in [0.2, 0.25) is 0 Å². The van der Waals surface area contributed by atoms with E-state index in [1.165, 1.54) is 12.8 Å². The average molecular weight is 461 g/mol. The maximum absolute atomic E-state index is 5.71. The molecule has 0 saturated carbocycles. The Kier molecular flexibility index (Phi) is 10.0. The summed E-state index contributed by atoms with van der Waals surface area (Å²) in [7, 11) is 3.53. The van der Waals surface area contributed by atoms with Crippen LogP contribution < -0.4 is 14.8 Å². The van der Waals surface area contributed by atoms with Gasteiger partial charge in [0.15, 0.2) is 17.5 Å². The van der Waals surface area contributed by atoms with Crippen LogP contribution in [0.3, 0.4) is 0 Å². The standard InChI is InChI=1S/C19H31N3O2.HI/c1-5-12-24-17-7-6-16(13-18(17)23-4)14-21-19(20-3)22-10-8-15(2)9-11-22;/h6-7,13,15H,5,8-12,14H2,1-4H3,(H,20,21);1H. The maximum atomic E-state index is 5.71. The molecule has 0 atom stereocenters. The van der Waals surface area contributed by atoms with Gasteiger partial charge in [0.05, 0.1) is 13.7 Å². The fourth-order valence-corrected chi connectivity index (χ4v) is 2.89. The van der Waals surface area contributed by atoms with Crippen molar-refractivity contribution in [1.82, 2.24) is 10.2 Å². The normalized spacial score (nSPS) is 15.5.